The number of piperidine rings is 1. The standard InChI is InChI=1S/C10H19NO2.ClH/c1-10(2,3)8-4-7(9(12)13)5-11-6-8;/h7-8,11H,4-6H2,1-3H3,(H,12,13);1H/t7-,8+;/m1./s1. The van der Waals surface area contributed by atoms with E-state index in [2.05, 4.69) is 26.1 Å². The quantitative estimate of drug-likeness (QED) is 0.710. The molecule has 0 saturated carbocycles. The van der Waals surface area contributed by atoms with Crippen LogP contribution in [0.2, 0.25) is 0 Å². The normalized spacial score (nSPS) is 27.9. The first-order chi connectivity index (χ1) is 5.91. The Labute approximate surface area is 91.7 Å². The highest BCUT2D eigenvalue weighted by molar-refractivity contribution is 5.85. The van der Waals surface area contributed by atoms with Gasteiger partial charge in [-0.25, -0.2) is 0 Å². The van der Waals surface area contributed by atoms with Gasteiger partial charge in [0.2, 0.25) is 0 Å². The lowest BCUT2D eigenvalue weighted by molar-refractivity contribution is -0.143. The van der Waals surface area contributed by atoms with Gasteiger partial charge in [0.1, 0.15) is 0 Å². The van der Waals surface area contributed by atoms with E-state index in [9.17, 15) is 4.79 Å². The molecule has 0 aromatic carbocycles. The second-order valence-corrected chi connectivity index (χ2v) is 4.99. The minimum absolute atomic E-state index is 0. The minimum Gasteiger partial charge on any atom is -0.481 e. The van der Waals surface area contributed by atoms with Gasteiger partial charge in [0.05, 0.1) is 5.92 Å². The number of nitrogens with one attached hydrogen (secondary N) is 1. The number of hydrogen-bond acceptors (Lipinski definition) is 2. The van der Waals surface area contributed by atoms with E-state index in [4.69, 9.17) is 5.11 Å². The molecule has 0 aliphatic carbocycles. The van der Waals surface area contributed by atoms with Gasteiger partial charge < -0.3 is 10.4 Å². The highest BCUT2D eigenvalue weighted by Gasteiger charge is 2.33. The third-order valence-electron chi connectivity index (χ3n) is 2.92. The number of carboxylic acids is 1. The van der Waals surface area contributed by atoms with Crippen molar-refractivity contribution in [2.24, 2.45) is 17.3 Å². The first-order valence-electron chi connectivity index (χ1n) is 4.85. The molecule has 0 amide bonds. The van der Waals surface area contributed by atoms with Crippen molar-refractivity contribution in [2.75, 3.05) is 13.1 Å². The average molecular weight is 222 g/mol. The molecule has 14 heavy (non-hydrogen) atoms. The van der Waals surface area contributed by atoms with Gasteiger partial charge in [-0.2, -0.15) is 0 Å². The first kappa shape index (κ1) is 13.7. The van der Waals surface area contributed by atoms with Crippen molar-refractivity contribution in [3.63, 3.8) is 0 Å². The summed E-state index contributed by atoms with van der Waals surface area (Å²) in [5, 5.41) is 12.1. The van der Waals surface area contributed by atoms with Gasteiger partial charge in [0.25, 0.3) is 0 Å². The van der Waals surface area contributed by atoms with E-state index in [0.717, 1.165) is 13.0 Å². The number of carboxylic acid groups (broad SMARTS) is 1. The molecule has 1 fully saturated rings. The fourth-order valence-corrected chi connectivity index (χ4v) is 1.79. The van der Waals surface area contributed by atoms with Crippen LogP contribution in [0.4, 0.5) is 0 Å². The Morgan fingerprint density at radius 2 is 1.93 bits per heavy atom. The van der Waals surface area contributed by atoms with Crippen LogP contribution in [-0.2, 0) is 4.79 Å². The van der Waals surface area contributed by atoms with Crippen molar-refractivity contribution in [3.8, 4) is 0 Å². The SMILES string of the molecule is CC(C)(C)[C@@H]1CNC[C@H](C(=O)O)C1.Cl. The van der Waals surface area contributed by atoms with Crippen LogP contribution < -0.4 is 5.32 Å². The van der Waals surface area contributed by atoms with E-state index in [0.29, 0.717) is 12.5 Å². The lowest BCUT2D eigenvalue weighted by Gasteiger charge is -2.36. The van der Waals surface area contributed by atoms with E-state index in [-0.39, 0.29) is 23.7 Å². The molecule has 0 bridgehead atoms. The Bertz CT molecular complexity index is 201. The molecule has 0 radical (unpaired) electrons. The molecule has 2 atom stereocenters. The molecule has 1 aliphatic heterocycles. The number of carbonyl (C=O) groups is 1. The fraction of sp³-hybridized carbons (Fsp3) is 0.900. The summed E-state index contributed by atoms with van der Waals surface area (Å²) in [5.74, 6) is -0.387. The summed E-state index contributed by atoms with van der Waals surface area (Å²) in [6, 6.07) is 0. The second kappa shape index (κ2) is 4.99. The van der Waals surface area contributed by atoms with Crippen molar-refractivity contribution in [3.05, 3.63) is 0 Å². The van der Waals surface area contributed by atoms with Crippen LogP contribution in [0.15, 0.2) is 0 Å². The van der Waals surface area contributed by atoms with E-state index < -0.39 is 5.97 Å². The molecule has 1 rings (SSSR count). The zero-order chi connectivity index (χ0) is 10.1. The van der Waals surface area contributed by atoms with Gasteiger partial charge in [-0.1, -0.05) is 20.8 Å². The molecule has 0 spiro atoms. The molecule has 1 aliphatic rings. The summed E-state index contributed by atoms with van der Waals surface area (Å²) in [6.07, 6.45) is 0.811. The van der Waals surface area contributed by atoms with Crippen LogP contribution in [0.1, 0.15) is 27.2 Å². The Hall–Kier alpha value is -0.280. The Morgan fingerprint density at radius 3 is 2.36 bits per heavy atom. The maximum absolute atomic E-state index is 10.8. The maximum Gasteiger partial charge on any atom is 0.307 e. The smallest absolute Gasteiger partial charge is 0.307 e. The molecule has 84 valence electrons. The molecule has 1 saturated heterocycles. The summed E-state index contributed by atoms with van der Waals surface area (Å²) in [4.78, 5) is 10.8. The van der Waals surface area contributed by atoms with Crippen LogP contribution >= 0.6 is 12.4 Å². The Balaban J connectivity index is 0.00000169. The third-order valence-corrected chi connectivity index (χ3v) is 2.92. The van der Waals surface area contributed by atoms with Gasteiger partial charge in [-0.05, 0) is 24.3 Å². The molecular formula is C10H20ClNO2. The zero-order valence-electron chi connectivity index (χ0n) is 9.04. The van der Waals surface area contributed by atoms with E-state index in [1.807, 2.05) is 0 Å². The molecule has 0 aromatic rings. The van der Waals surface area contributed by atoms with Crippen molar-refractivity contribution >= 4 is 18.4 Å². The number of aliphatic carboxylic acids is 1. The minimum atomic E-state index is -0.665. The summed E-state index contributed by atoms with van der Waals surface area (Å²) in [7, 11) is 0. The number of rotatable bonds is 1. The van der Waals surface area contributed by atoms with Gasteiger partial charge in [0, 0.05) is 6.54 Å². The van der Waals surface area contributed by atoms with Gasteiger partial charge >= 0.3 is 5.97 Å². The fourth-order valence-electron chi connectivity index (χ4n) is 1.79. The van der Waals surface area contributed by atoms with Crippen molar-refractivity contribution in [1.29, 1.82) is 0 Å². The third kappa shape index (κ3) is 3.46. The zero-order valence-corrected chi connectivity index (χ0v) is 9.86. The number of hydrogen-bond donors (Lipinski definition) is 2. The predicted molar refractivity (Wildman–Crippen MR) is 58.8 cm³/mol. The predicted octanol–water partition coefficient (Wildman–Crippen LogP) is 1.76. The van der Waals surface area contributed by atoms with Crippen molar-refractivity contribution < 1.29 is 9.90 Å². The molecule has 2 N–H and O–H groups in total. The summed E-state index contributed by atoms with van der Waals surface area (Å²) >= 11 is 0. The monoisotopic (exact) mass is 221 g/mol. The van der Waals surface area contributed by atoms with E-state index in [1.165, 1.54) is 0 Å². The van der Waals surface area contributed by atoms with Crippen LogP contribution in [-0.4, -0.2) is 24.2 Å². The van der Waals surface area contributed by atoms with Crippen LogP contribution in [0.3, 0.4) is 0 Å². The Kier molecular flexibility index (Phi) is 4.89. The van der Waals surface area contributed by atoms with Crippen LogP contribution in [0.5, 0.6) is 0 Å². The largest absolute Gasteiger partial charge is 0.481 e. The highest BCUT2D eigenvalue weighted by atomic mass is 35.5. The Morgan fingerprint density at radius 1 is 1.36 bits per heavy atom. The van der Waals surface area contributed by atoms with Gasteiger partial charge in [-0.3, -0.25) is 4.79 Å². The summed E-state index contributed by atoms with van der Waals surface area (Å²) in [6.45, 7) is 8.09. The lowest BCUT2D eigenvalue weighted by Crippen LogP contribution is -2.44. The first-order valence-corrected chi connectivity index (χ1v) is 4.85. The van der Waals surface area contributed by atoms with Crippen molar-refractivity contribution in [2.45, 2.75) is 27.2 Å². The summed E-state index contributed by atoms with van der Waals surface area (Å²) in [5.41, 5.74) is 0.209. The molecule has 4 heteroatoms. The maximum atomic E-state index is 10.8. The summed E-state index contributed by atoms with van der Waals surface area (Å²) < 4.78 is 0. The van der Waals surface area contributed by atoms with Crippen LogP contribution in [0, 0.1) is 17.3 Å². The second-order valence-electron chi connectivity index (χ2n) is 4.99. The van der Waals surface area contributed by atoms with Crippen molar-refractivity contribution in [1.82, 2.24) is 5.32 Å². The van der Waals surface area contributed by atoms with E-state index >= 15 is 0 Å². The van der Waals surface area contributed by atoms with Crippen LogP contribution in [0.25, 0.3) is 0 Å². The molecule has 1 heterocycles. The van der Waals surface area contributed by atoms with Gasteiger partial charge in [0.15, 0.2) is 0 Å². The van der Waals surface area contributed by atoms with Gasteiger partial charge in [-0.15, -0.1) is 12.4 Å². The van der Waals surface area contributed by atoms with E-state index in [1.54, 1.807) is 0 Å². The number of halogens is 1. The molecular weight excluding hydrogens is 202 g/mol. The lowest BCUT2D eigenvalue weighted by atomic mass is 9.74. The molecule has 0 aromatic heterocycles. The molecule has 3 nitrogen and oxygen atoms in total. The topological polar surface area (TPSA) is 49.3 Å². The average Bonchev–Trinajstić information content (AvgIpc) is 2.03. The molecule has 0 unspecified atom stereocenters. The highest BCUT2D eigenvalue weighted by Crippen LogP contribution is 2.32.